The van der Waals surface area contributed by atoms with E-state index in [0.29, 0.717) is 17.8 Å². The topological polar surface area (TPSA) is 92.9 Å². The molecule has 0 aliphatic heterocycles. The Morgan fingerprint density at radius 1 is 1.30 bits per heavy atom. The number of aryl methyl sites for hydroxylation is 2. The van der Waals surface area contributed by atoms with E-state index in [1.54, 1.807) is 6.07 Å². The molecule has 2 aromatic heterocycles. The molecule has 0 radical (unpaired) electrons. The van der Waals surface area contributed by atoms with Crippen LogP contribution in [0.4, 0.5) is 5.69 Å². The van der Waals surface area contributed by atoms with Crippen LogP contribution in [-0.2, 0) is 6.54 Å². The van der Waals surface area contributed by atoms with Crippen LogP contribution < -0.4 is 16.6 Å². The van der Waals surface area contributed by atoms with E-state index in [1.165, 1.54) is 6.20 Å². The third kappa shape index (κ3) is 3.30. The highest BCUT2D eigenvalue weighted by Gasteiger charge is 2.11. The van der Waals surface area contributed by atoms with Crippen LogP contribution in [0.5, 0.6) is 0 Å². The SMILES string of the molecule is Cc1cc(NN)c(C(=O)NCc2cccc(C)n2)cn1. The summed E-state index contributed by atoms with van der Waals surface area (Å²) in [6, 6.07) is 7.40. The lowest BCUT2D eigenvalue weighted by molar-refractivity contribution is 0.0951. The Morgan fingerprint density at radius 2 is 2.10 bits per heavy atom. The van der Waals surface area contributed by atoms with E-state index in [9.17, 15) is 4.79 Å². The monoisotopic (exact) mass is 271 g/mol. The molecule has 0 saturated heterocycles. The summed E-state index contributed by atoms with van der Waals surface area (Å²) in [5.74, 6) is 5.17. The zero-order valence-corrected chi connectivity index (χ0v) is 11.5. The number of amides is 1. The highest BCUT2D eigenvalue weighted by Crippen LogP contribution is 2.14. The molecule has 6 heteroatoms. The smallest absolute Gasteiger partial charge is 0.255 e. The Bertz CT molecular complexity index is 627. The largest absolute Gasteiger partial charge is 0.346 e. The van der Waals surface area contributed by atoms with Gasteiger partial charge in [-0.05, 0) is 32.0 Å². The van der Waals surface area contributed by atoms with Gasteiger partial charge in [0.15, 0.2) is 0 Å². The lowest BCUT2D eigenvalue weighted by Gasteiger charge is -2.10. The van der Waals surface area contributed by atoms with Crippen molar-refractivity contribution in [2.45, 2.75) is 20.4 Å². The maximum Gasteiger partial charge on any atom is 0.255 e. The normalized spacial score (nSPS) is 10.2. The van der Waals surface area contributed by atoms with Gasteiger partial charge in [-0.15, -0.1) is 0 Å². The molecule has 0 spiro atoms. The highest BCUT2D eigenvalue weighted by molar-refractivity contribution is 5.99. The molecule has 2 heterocycles. The van der Waals surface area contributed by atoms with Gasteiger partial charge in [-0.1, -0.05) is 6.07 Å². The van der Waals surface area contributed by atoms with E-state index in [4.69, 9.17) is 5.84 Å². The van der Waals surface area contributed by atoms with Crippen LogP contribution in [0.15, 0.2) is 30.5 Å². The van der Waals surface area contributed by atoms with Gasteiger partial charge in [0.1, 0.15) is 0 Å². The van der Waals surface area contributed by atoms with Gasteiger partial charge >= 0.3 is 0 Å². The Labute approximate surface area is 117 Å². The molecule has 0 bridgehead atoms. The minimum atomic E-state index is -0.242. The van der Waals surface area contributed by atoms with E-state index in [-0.39, 0.29) is 5.91 Å². The third-order valence-corrected chi connectivity index (χ3v) is 2.82. The number of anilines is 1. The summed E-state index contributed by atoms with van der Waals surface area (Å²) in [5.41, 5.74) is 5.97. The van der Waals surface area contributed by atoms with E-state index >= 15 is 0 Å². The van der Waals surface area contributed by atoms with Crippen LogP contribution in [0, 0.1) is 13.8 Å². The first-order valence-corrected chi connectivity index (χ1v) is 6.24. The fourth-order valence-electron chi connectivity index (χ4n) is 1.82. The van der Waals surface area contributed by atoms with Gasteiger partial charge in [-0.2, -0.15) is 0 Å². The molecule has 0 aliphatic rings. The molecule has 104 valence electrons. The van der Waals surface area contributed by atoms with Gasteiger partial charge in [-0.3, -0.25) is 20.6 Å². The van der Waals surface area contributed by atoms with Gasteiger partial charge in [0.05, 0.1) is 23.5 Å². The summed E-state index contributed by atoms with van der Waals surface area (Å²) in [7, 11) is 0. The predicted molar refractivity (Wildman–Crippen MR) is 76.9 cm³/mol. The summed E-state index contributed by atoms with van der Waals surface area (Å²) in [4.78, 5) is 20.6. The van der Waals surface area contributed by atoms with Crippen molar-refractivity contribution in [2.75, 3.05) is 5.43 Å². The van der Waals surface area contributed by atoms with Crippen LogP contribution in [0.3, 0.4) is 0 Å². The number of nitrogen functional groups attached to an aromatic ring is 1. The lowest BCUT2D eigenvalue weighted by atomic mass is 10.2. The number of carbonyl (C=O) groups excluding carboxylic acids is 1. The number of hydrazine groups is 1. The maximum absolute atomic E-state index is 12.1. The minimum absolute atomic E-state index is 0.242. The van der Waals surface area contributed by atoms with Crippen LogP contribution in [0.2, 0.25) is 0 Å². The average Bonchev–Trinajstić information content (AvgIpc) is 2.44. The number of rotatable bonds is 4. The molecular weight excluding hydrogens is 254 g/mol. The van der Waals surface area contributed by atoms with Gasteiger partial charge in [0.25, 0.3) is 5.91 Å². The second kappa shape index (κ2) is 6.12. The van der Waals surface area contributed by atoms with Crippen LogP contribution in [0.1, 0.15) is 27.4 Å². The summed E-state index contributed by atoms with van der Waals surface area (Å²) >= 11 is 0. The van der Waals surface area contributed by atoms with Crippen molar-refractivity contribution in [3.05, 3.63) is 53.1 Å². The van der Waals surface area contributed by atoms with Crippen molar-refractivity contribution >= 4 is 11.6 Å². The van der Waals surface area contributed by atoms with Crippen LogP contribution in [-0.4, -0.2) is 15.9 Å². The zero-order valence-electron chi connectivity index (χ0n) is 11.5. The lowest BCUT2D eigenvalue weighted by Crippen LogP contribution is -2.25. The number of hydrogen-bond donors (Lipinski definition) is 3. The number of aromatic nitrogens is 2. The molecule has 0 aromatic carbocycles. The van der Waals surface area contributed by atoms with Gasteiger partial charge < -0.3 is 10.7 Å². The van der Waals surface area contributed by atoms with E-state index < -0.39 is 0 Å². The predicted octanol–water partition coefficient (Wildman–Crippen LogP) is 1.31. The van der Waals surface area contributed by atoms with E-state index in [1.807, 2.05) is 32.0 Å². The van der Waals surface area contributed by atoms with Gasteiger partial charge in [0, 0.05) is 17.6 Å². The summed E-state index contributed by atoms with van der Waals surface area (Å²) in [6.45, 7) is 4.10. The van der Waals surface area contributed by atoms with Crippen molar-refractivity contribution < 1.29 is 4.79 Å². The highest BCUT2D eigenvalue weighted by atomic mass is 16.1. The molecule has 6 nitrogen and oxygen atoms in total. The molecule has 4 N–H and O–H groups in total. The van der Waals surface area contributed by atoms with Crippen LogP contribution >= 0.6 is 0 Å². The van der Waals surface area contributed by atoms with Crippen molar-refractivity contribution in [3.63, 3.8) is 0 Å². The molecule has 2 rings (SSSR count). The zero-order chi connectivity index (χ0) is 14.5. The second-order valence-corrected chi connectivity index (χ2v) is 4.47. The number of hydrogen-bond acceptors (Lipinski definition) is 5. The summed E-state index contributed by atoms with van der Waals surface area (Å²) in [6.07, 6.45) is 1.50. The summed E-state index contributed by atoms with van der Waals surface area (Å²) in [5, 5.41) is 2.80. The Hall–Kier alpha value is -2.47. The maximum atomic E-state index is 12.1. The Kier molecular flexibility index (Phi) is 4.27. The molecule has 0 fully saturated rings. The first-order chi connectivity index (χ1) is 9.60. The summed E-state index contributed by atoms with van der Waals surface area (Å²) < 4.78 is 0. The van der Waals surface area contributed by atoms with Crippen molar-refractivity contribution in [2.24, 2.45) is 5.84 Å². The van der Waals surface area contributed by atoms with Crippen molar-refractivity contribution in [3.8, 4) is 0 Å². The number of carbonyl (C=O) groups is 1. The fourth-order valence-corrected chi connectivity index (χ4v) is 1.82. The Balaban J connectivity index is 2.09. The molecule has 0 atom stereocenters. The Morgan fingerprint density at radius 3 is 2.80 bits per heavy atom. The number of pyridine rings is 2. The van der Waals surface area contributed by atoms with Crippen molar-refractivity contribution in [1.29, 1.82) is 0 Å². The molecule has 20 heavy (non-hydrogen) atoms. The minimum Gasteiger partial charge on any atom is -0.346 e. The fraction of sp³-hybridized carbons (Fsp3) is 0.214. The molecular formula is C14H17N5O. The second-order valence-electron chi connectivity index (χ2n) is 4.47. The molecule has 0 unspecified atom stereocenters. The standard InChI is InChI=1S/C14H17N5O/c1-9-4-3-5-11(18-9)7-17-14(20)12-8-16-10(2)6-13(12)19-15/h3-6,8H,7,15H2,1-2H3,(H,16,19)(H,17,20). The number of nitrogens with zero attached hydrogens (tertiary/aromatic N) is 2. The average molecular weight is 271 g/mol. The van der Waals surface area contributed by atoms with Crippen LogP contribution in [0.25, 0.3) is 0 Å². The van der Waals surface area contributed by atoms with E-state index in [2.05, 4.69) is 20.7 Å². The molecule has 0 saturated carbocycles. The van der Waals surface area contributed by atoms with E-state index in [0.717, 1.165) is 17.1 Å². The molecule has 1 amide bonds. The quantitative estimate of drug-likeness (QED) is 0.576. The number of nitrogens with two attached hydrogens (primary N) is 1. The first-order valence-electron chi connectivity index (χ1n) is 6.24. The van der Waals surface area contributed by atoms with Crippen molar-refractivity contribution in [1.82, 2.24) is 15.3 Å². The first kappa shape index (κ1) is 14.0. The molecule has 0 aliphatic carbocycles. The third-order valence-electron chi connectivity index (χ3n) is 2.82. The molecule has 2 aromatic rings. The number of nitrogens with one attached hydrogen (secondary N) is 2. The van der Waals surface area contributed by atoms with Gasteiger partial charge in [-0.25, -0.2) is 0 Å². The van der Waals surface area contributed by atoms with Gasteiger partial charge in [0.2, 0.25) is 0 Å².